The summed E-state index contributed by atoms with van der Waals surface area (Å²) in [5.74, 6) is -2.80. The van der Waals surface area contributed by atoms with Crippen molar-refractivity contribution < 1.29 is 36.6 Å². The van der Waals surface area contributed by atoms with Crippen molar-refractivity contribution in [3.05, 3.63) is 23.0 Å². The lowest BCUT2D eigenvalue weighted by atomic mass is 10.1. The normalized spacial score (nSPS) is 11.7. The minimum Gasteiger partial charge on any atom is -0.477 e. The van der Waals surface area contributed by atoms with Crippen molar-refractivity contribution in [2.45, 2.75) is 19.7 Å². The average molecular weight is 271 g/mol. The van der Waals surface area contributed by atoms with Gasteiger partial charge in [-0.15, -0.1) is 13.2 Å². The maximum absolute atomic E-state index is 12.6. The van der Waals surface area contributed by atoms with E-state index in [0.717, 1.165) is 6.92 Å². The number of halogens is 5. The van der Waals surface area contributed by atoms with Gasteiger partial charge in [-0.3, -0.25) is 0 Å². The number of carboxylic acid groups (broad SMARTS) is 1. The van der Waals surface area contributed by atoms with Crippen LogP contribution < -0.4 is 4.74 Å². The van der Waals surface area contributed by atoms with Crippen LogP contribution in [-0.2, 0) is 0 Å². The molecule has 4 nitrogen and oxygen atoms in total. The molecular formula is C9H6F5NO3. The Labute approximate surface area is 97.0 Å². The SMILES string of the molecule is Cc1nc(C(=O)O)cc(C(F)F)c1OC(F)(F)F. The number of carboxylic acids is 1. The molecule has 0 aliphatic rings. The molecule has 0 amide bonds. The van der Waals surface area contributed by atoms with Crippen molar-refractivity contribution in [1.29, 1.82) is 0 Å². The lowest BCUT2D eigenvalue weighted by Gasteiger charge is -2.15. The Hall–Kier alpha value is -1.93. The molecule has 1 aromatic heterocycles. The quantitative estimate of drug-likeness (QED) is 0.859. The van der Waals surface area contributed by atoms with Gasteiger partial charge >= 0.3 is 12.3 Å². The summed E-state index contributed by atoms with van der Waals surface area (Å²) in [5.41, 5.74) is -2.53. The van der Waals surface area contributed by atoms with Crippen molar-refractivity contribution in [2.75, 3.05) is 0 Å². The smallest absolute Gasteiger partial charge is 0.477 e. The van der Waals surface area contributed by atoms with Crippen LogP contribution in [0.25, 0.3) is 0 Å². The van der Waals surface area contributed by atoms with Crippen LogP contribution in [0.15, 0.2) is 6.07 Å². The molecule has 0 fully saturated rings. The molecule has 0 unspecified atom stereocenters. The van der Waals surface area contributed by atoms with Crippen LogP contribution in [-0.4, -0.2) is 22.4 Å². The Kier molecular flexibility index (Phi) is 3.73. The Morgan fingerprint density at radius 2 is 2.00 bits per heavy atom. The molecule has 0 saturated carbocycles. The highest BCUT2D eigenvalue weighted by Gasteiger charge is 2.35. The first-order valence-electron chi connectivity index (χ1n) is 4.40. The maximum Gasteiger partial charge on any atom is 0.573 e. The molecule has 0 bridgehead atoms. The van der Waals surface area contributed by atoms with Crippen molar-refractivity contribution in [1.82, 2.24) is 4.98 Å². The van der Waals surface area contributed by atoms with Gasteiger partial charge in [0.25, 0.3) is 6.43 Å². The summed E-state index contributed by atoms with van der Waals surface area (Å²) in [7, 11) is 0. The molecule has 1 N–H and O–H groups in total. The highest BCUT2D eigenvalue weighted by atomic mass is 19.4. The molecule has 0 aliphatic heterocycles. The number of aromatic carboxylic acids is 1. The van der Waals surface area contributed by atoms with E-state index in [2.05, 4.69) is 9.72 Å². The Morgan fingerprint density at radius 3 is 2.39 bits per heavy atom. The summed E-state index contributed by atoms with van der Waals surface area (Å²) in [6.45, 7) is 0.944. The third kappa shape index (κ3) is 3.28. The second kappa shape index (κ2) is 4.75. The highest BCUT2D eigenvalue weighted by Crippen LogP contribution is 2.35. The number of carbonyl (C=O) groups is 1. The summed E-state index contributed by atoms with van der Waals surface area (Å²) in [5, 5.41) is 8.57. The number of alkyl halides is 5. The summed E-state index contributed by atoms with van der Waals surface area (Å²) < 4.78 is 64.6. The van der Waals surface area contributed by atoms with E-state index in [9.17, 15) is 26.7 Å². The number of pyridine rings is 1. The molecule has 0 saturated heterocycles. The topological polar surface area (TPSA) is 59.4 Å². The molecule has 1 heterocycles. The number of nitrogens with zero attached hydrogens (tertiary/aromatic N) is 1. The summed E-state index contributed by atoms with van der Waals surface area (Å²) in [4.78, 5) is 13.8. The van der Waals surface area contributed by atoms with Gasteiger partial charge in [0, 0.05) is 0 Å². The number of ether oxygens (including phenoxy) is 1. The highest BCUT2D eigenvalue weighted by molar-refractivity contribution is 5.85. The van der Waals surface area contributed by atoms with Gasteiger partial charge in [0.2, 0.25) is 0 Å². The van der Waals surface area contributed by atoms with Crippen molar-refractivity contribution in [3.8, 4) is 5.75 Å². The Balaban J connectivity index is 3.36. The molecular weight excluding hydrogens is 265 g/mol. The molecule has 0 aromatic carbocycles. The minimum absolute atomic E-state index is 0.348. The number of hydrogen-bond donors (Lipinski definition) is 1. The van der Waals surface area contributed by atoms with Crippen molar-refractivity contribution in [3.63, 3.8) is 0 Å². The number of rotatable bonds is 3. The lowest BCUT2D eigenvalue weighted by Crippen LogP contribution is -2.20. The monoisotopic (exact) mass is 271 g/mol. The fourth-order valence-corrected chi connectivity index (χ4v) is 1.21. The summed E-state index contributed by atoms with van der Waals surface area (Å²) >= 11 is 0. The van der Waals surface area contributed by atoms with Crippen LogP contribution in [0.4, 0.5) is 22.0 Å². The van der Waals surface area contributed by atoms with Crippen LogP contribution in [0.1, 0.15) is 28.2 Å². The molecule has 0 aliphatic carbocycles. The first-order chi connectivity index (χ1) is 8.11. The number of aromatic nitrogens is 1. The summed E-state index contributed by atoms with van der Waals surface area (Å²) in [6.07, 6.45) is -8.48. The van der Waals surface area contributed by atoms with Crippen LogP contribution in [0.2, 0.25) is 0 Å². The van der Waals surface area contributed by atoms with Gasteiger partial charge in [0.05, 0.1) is 11.3 Å². The molecule has 100 valence electrons. The second-order valence-electron chi connectivity index (χ2n) is 3.16. The van der Waals surface area contributed by atoms with Gasteiger partial charge in [-0.05, 0) is 13.0 Å². The van der Waals surface area contributed by atoms with E-state index >= 15 is 0 Å². The first kappa shape index (κ1) is 14.1. The van der Waals surface area contributed by atoms with Gasteiger partial charge < -0.3 is 9.84 Å². The van der Waals surface area contributed by atoms with E-state index in [0.29, 0.717) is 6.07 Å². The second-order valence-corrected chi connectivity index (χ2v) is 3.16. The third-order valence-corrected chi connectivity index (χ3v) is 1.84. The van der Waals surface area contributed by atoms with Crippen LogP contribution in [0.3, 0.4) is 0 Å². The zero-order chi connectivity index (χ0) is 14.1. The number of aryl methyl sites for hydroxylation is 1. The van der Waals surface area contributed by atoms with E-state index in [-0.39, 0.29) is 0 Å². The van der Waals surface area contributed by atoms with Gasteiger partial charge in [-0.2, -0.15) is 0 Å². The predicted molar refractivity (Wildman–Crippen MR) is 47.6 cm³/mol. The Bertz CT molecular complexity index is 472. The van der Waals surface area contributed by atoms with Crippen LogP contribution in [0.5, 0.6) is 5.75 Å². The first-order valence-corrected chi connectivity index (χ1v) is 4.40. The fraction of sp³-hybridized carbons (Fsp3) is 0.333. The zero-order valence-electron chi connectivity index (χ0n) is 8.76. The Morgan fingerprint density at radius 1 is 1.44 bits per heavy atom. The maximum atomic E-state index is 12.6. The van der Waals surface area contributed by atoms with Gasteiger partial charge in [0.15, 0.2) is 5.75 Å². The molecule has 18 heavy (non-hydrogen) atoms. The van der Waals surface area contributed by atoms with Crippen molar-refractivity contribution in [2.24, 2.45) is 0 Å². The largest absolute Gasteiger partial charge is 0.573 e. The molecule has 1 aromatic rings. The third-order valence-electron chi connectivity index (χ3n) is 1.84. The molecule has 0 radical (unpaired) electrons. The molecule has 0 atom stereocenters. The molecule has 1 rings (SSSR count). The van der Waals surface area contributed by atoms with E-state index in [1.54, 1.807) is 0 Å². The van der Waals surface area contributed by atoms with Crippen LogP contribution >= 0.6 is 0 Å². The lowest BCUT2D eigenvalue weighted by molar-refractivity contribution is -0.275. The number of hydrogen-bond acceptors (Lipinski definition) is 3. The van der Waals surface area contributed by atoms with E-state index in [4.69, 9.17) is 5.11 Å². The minimum atomic E-state index is -5.17. The van der Waals surface area contributed by atoms with Gasteiger partial charge in [-0.25, -0.2) is 18.6 Å². The van der Waals surface area contributed by atoms with Crippen molar-refractivity contribution >= 4 is 5.97 Å². The molecule has 0 spiro atoms. The standard InChI is InChI=1S/C9H6F5NO3/c1-3-6(18-9(12,13)14)4(7(10)11)2-5(15-3)8(16)17/h2,7H,1H3,(H,16,17). The fourth-order valence-electron chi connectivity index (χ4n) is 1.21. The molecule has 9 heteroatoms. The van der Waals surface area contributed by atoms with E-state index in [1.807, 2.05) is 0 Å². The predicted octanol–water partition coefficient (Wildman–Crippen LogP) is 2.92. The van der Waals surface area contributed by atoms with Gasteiger partial charge in [0.1, 0.15) is 5.69 Å². The van der Waals surface area contributed by atoms with E-state index in [1.165, 1.54) is 0 Å². The van der Waals surface area contributed by atoms with Gasteiger partial charge in [-0.1, -0.05) is 0 Å². The van der Waals surface area contributed by atoms with E-state index < -0.39 is 41.5 Å². The zero-order valence-corrected chi connectivity index (χ0v) is 8.76. The average Bonchev–Trinajstić information content (AvgIpc) is 2.18. The summed E-state index contributed by atoms with van der Waals surface area (Å²) in [6, 6.07) is 0.348. The van der Waals surface area contributed by atoms with Crippen LogP contribution in [0, 0.1) is 6.92 Å².